The maximum Gasteiger partial charge on any atom is 0.251 e. The molecule has 1 N–H and O–H groups in total. The van der Waals surface area contributed by atoms with Crippen molar-refractivity contribution >= 4 is 11.6 Å². The fraction of sp³-hybridized carbons (Fsp3) is 0.0909. The number of nitrogens with one attached hydrogen (secondary N) is 1. The Bertz CT molecular complexity index is 566. The summed E-state index contributed by atoms with van der Waals surface area (Å²) >= 11 is 5.90. The summed E-state index contributed by atoms with van der Waals surface area (Å²) in [6, 6.07) is 6.65. The van der Waals surface area contributed by atoms with E-state index in [0.717, 1.165) is 5.56 Å². The smallest absolute Gasteiger partial charge is 0.251 e. The van der Waals surface area contributed by atoms with Crippen LogP contribution in [-0.4, -0.2) is 17.1 Å². The molecular formula is C11H9ClN2O2. The van der Waals surface area contributed by atoms with Gasteiger partial charge in [-0.15, -0.1) is 0 Å². The van der Waals surface area contributed by atoms with Gasteiger partial charge in [0, 0.05) is 11.6 Å². The summed E-state index contributed by atoms with van der Waals surface area (Å²) < 4.78 is 5.09. The van der Waals surface area contributed by atoms with Crippen LogP contribution in [0.25, 0.3) is 11.3 Å². The minimum Gasteiger partial charge on any atom is -0.495 e. The summed E-state index contributed by atoms with van der Waals surface area (Å²) in [4.78, 5) is 17.7. The monoisotopic (exact) mass is 236 g/mol. The van der Waals surface area contributed by atoms with E-state index in [-0.39, 0.29) is 5.56 Å². The molecule has 0 aliphatic rings. The van der Waals surface area contributed by atoms with Crippen molar-refractivity contribution in [1.29, 1.82) is 0 Å². The quantitative estimate of drug-likeness (QED) is 0.869. The molecule has 5 heteroatoms. The minimum absolute atomic E-state index is 0.195. The topological polar surface area (TPSA) is 55.0 Å². The Morgan fingerprint density at radius 3 is 2.88 bits per heavy atom. The summed E-state index contributed by atoms with van der Waals surface area (Å²) in [7, 11) is 1.54. The Kier molecular flexibility index (Phi) is 2.92. The third-order valence-corrected chi connectivity index (χ3v) is 2.44. The van der Waals surface area contributed by atoms with Crippen molar-refractivity contribution in [3.05, 3.63) is 46.0 Å². The first-order chi connectivity index (χ1) is 7.70. The number of methoxy groups -OCH3 is 1. The molecule has 82 valence electrons. The molecular weight excluding hydrogens is 228 g/mol. The van der Waals surface area contributed by atoms with Gasteiger partial charge in [0.2, 0.25) is 0 Å². The molecule has 0 fully saturated rings. The van der Waals surface area contributed by atoms with Gasteiger partial charge < -0.3 is 9.72 Å². The fourth-order valence-corrected chi connectivity index (χ4v) is 1.54. The number of nitrogens with zero attached hydrogens (tertiary/aromatic N) is 1. The van der Waals surface area contributed by atoms with Crippen molar-refractivity contribution in [2.24, 2.45) is 0 Å². The van der Waals surface area contributed by atoms with E-state index in [4.69, 9.17) is 16.3 Å². The second kappa shape index (κ2) is 4.37. The number of H-pyrrole nitrogens is 1. The van der Waals surface area contributed by atoms with Gasteiger partial charge in [-0.2, -0.15) is 0 Å². The number of ether oxygens (including phenoxy) is 1. The number of aromatic amines is 1. The molecule has 1 aromatic heterocycles. The molecule has 16 heavy (non-hydrogen) atoms. The van der Waals surface area contributed by atoms with Gasteiger partial charge in [-0.05, 0) is 12.1 Å². The molecule has 1 aromatic carbocycles. The molecule has 0 saturated carbocycles. The van der Waals surface area contributed by atoms with Crippen LogP contribution >= 0.6 is 11.6 Å². The van der Waals surface area contributed by atoms with E-state index in [9.17, 15) is 4.79 Å². The van der Waals surface area contributed by atoms with E-state index in [1.54, 1.807) is 18.2 Å². The zero-order chi connectivity index (χ0) is 11.5. The zero-order valence-electron chi connectivity index (χ0n) is 8.53. The van der Waals surface area contributed by atoms with E-state index in [2.05, 4.69) is 9.97 Å². The fourth-order valence-electron chi connectivity index (χ4n) is 1.35. The van der Waals surface area contributed by atoms with Crippen LogP contribution in [0, 0.1) is 0 Å². The van der Waals surface area contributed by atoms with Gasteiger partial charge >= 0.3 is 0 Å². The lowest BCUT2D eigenvalue weighted by atomic mass is 10.1. The van der Waals surface area contributed by atoms with E-state index in [0.29, 0.717) is 16.5 Å². The van der Waals surface area contributed by atoms with Crippen LogP contribution in [0.4, 0.5) is 0 Å². The Morgan fingerprint density at radius 2 is 2.19 bits per heavy atom. The molecule has 0 amide bonds. The number of benzene rings is 1. The van der Waals surface area contributed by atoms with E-state index >= 15 is 0 Å². The average Bonchev–Trinajstić information content (AvgIpc) is 2.29. The van der Waals surface area contributed by atoms with E-state index < -0.39 is 0 Å². The van der Waals surface area contributed by atoms with Crippen LogP contribution in [0.2, 0.25) is 5.02 Å². The molecule has 0 spiro atoms. The molecule has 0 saturated heterocycles. The van der Waals surface area contributed by atoms with Gasteiger partial charge in [-0.3, -0.25) is 4.79 Å². The largest absolute Gasteiger partial charge is 0.495 e. The average molecular weight is 237 g/mol. The summed E-state index contributed by atoms with van der Waals surface area (Å²) in [6.07, 6.45) is 1.36. The number of halogens is 1. The number of hydrogen-bond donors (Lipinski definition) is 1. The Morgan fingerprint density at radius 1 is 1.38 bits per heavy atom. The van der Waals surface area contributed by atoms with Gasteiger partial charge in [0.05, 0.1) is 24.2 Å². The third kappa shape index (κ3) is 2.06. The maximum atomic E-state index is 11.1. The predicted molar refractivity (Wildman–Crippen MR) is 61.9 cm³/mol. The van der Waals surface area contributed by atoms with Crippen LogP contribution in [0.5, 0.6) is 5.75 Å². The van der Waals surface area contributed by atoms with Gasteiger partial charge in [0.25, 0.3) is 5.56 Å². The van der Waals surface area contributed by atoms with Crippen molar-refractivity contribution in [2.75, 3.05) is 7.11 Å². The van der Waals surface area contributed by atoms with Crippen molar-refractivity contribution in [3.63, 3.8) is 0 Å². The molecule has 2 rings (SSSR count). The molecule has 0 aliphatic carbocycles. The minimum atomic E-state index is -0.195. The lowest BCUT2D eigenvalue weighted by molar-refractivity contribution is 0.415. The van der Waals surface area contributed by atoms with Gasteiger partial charge in [-0.1, -0.05) is 17.7 Å². The van der Waals surface area contributed by atoms with Crippen LogP contribution in [-0.2, 0) is 0 Å². The summed E-state index contributed by atoms with van der Waals surface area (Å²) in [5.41, 5.74) is 1.17. The molecule has 4 nitrogen and oxygen atoms in total. The summed E-state index contributed by atoms with van der Waals surface area (Å²) in [5, 5.41) is 0.524. The maximum absolute atomic E-state index is 11.1. The number of hydrogen-bond acceptors (Lipinski definition) is 3. The molecule has 0 aliphatic heterocycles. The summed E-state index contributed by atoms with van der Waals surface area (Å²) in [6.45, 7) is 0. The highest BCUT2D eigenvalue weighted by atomic mass is 35.5. The molecule has 0 radical (unpaired) electrons. The highest BCUT2D eigenvalue weighted by Crippen LogP contribution is 2.28. The number of aromatic nitrogens is 2. The van der Waals surface area contributed by atoms with E-state index in [1.165, 1.54) is 19.5 Å². The SMILES string of the molecule is COc1cc(-c2cc(=O)[nH]cn2)ccc1Cl. The van der Waals surface area contributed by atoms with Gasteiger partial charge in [0.1, 0.15) is 5.75 Å². The zero-order valence-corrected chi connectivity index (χ0v) is 9.28. The first kappa shape index (κ1) is 10.7. The molecule has 2 aromatic rings. The predicted octanol–water partition coefficient (Wildman–Crippen LogP) is 2.10. The van der Waals surface area contributed by atoms with E-state index in [1.807, 2.05) is 0 Å². The van der Waals surface area contributed by atoms with Crippen molar-refractivity contribution in [1.82, 2.24) is 9.97 Å². The van der Waals surface area contributed by atoms with Crippen molar-refractivity contribution < 1.29 is 4.74 Å². The van der Waals surface area contributed by atoms with Gasteiger partial charge in [-0.25, -0.2) is 4.98 Å². The molecule has 0 unspecified atom stereocenters. The molecule has 1 heterocycles. The first-order valence-electron chi connectivity index (χ1n) is 4.59. The highest BCUT2D eigenvalue weighted by Gasteiger charge is 2.05. The second-order valence-electron chi connectivity index (χ2n) is 3.15. The number of rotatable bonds is 2. The molecule has 0 atom stereocenters. The summed E-state index contributed by atoms with van der Waals surface area (Å²) in [5.74, 6) is 0.557. The normalized spacial score (nSPS) is 10.1. The highest BCUT2D eigenvalue weighted by molar-refractivity contribution is 6.32. The Balaban J connectivity index is 2.52. The van der Waals surface area contributed by atoms with Crippen LogP contribution < -0.4 is 10.3 Å². The standard InChI is InChI=1S/C11H9ClN2O2/c1-16-10-4-7(2-3-8(10)12)9-5-11(15)14-6-13-9/h2-6H,1H3,(H,13,14,15). The van der Waals surface area contributed by atoms with Crippen LogP contribution in [0.15, 0.2) is 35.4 Å². The van der Waals surface area contributed by atoms with Crippen LogP contribution in [0.1, 0.15) is 0 Å². The Labute approximate surface area is 96.9 Å². The molecule has 0 bridgehead atoms. The van der Waals surface area contributed by atoms with Crippen molar-refractivity contribution in [2.45, 2.75) is 0 Å². The van der Waals surface area contributed by atoms with Crippen molar-refractivity contribution in [3.8, 4) is 17.0 Å². The Hall–Kier alpha value is -1.81. The lowest BCUT2D eigenvalue weighted by Gasteiger charge is -2.05. The third-order valence-electron chi connectivity index (χ3n) is 2.13. The second-order valence-corrected chi connectivity index (χ2v) is 3.55. The first-order valence-corrected chi connectivity index (χ1v) is 4.97. The van der Waals surface area contributed by atoms with Gasteiger partial charge in [0.15, 0.2) is 0 Å². The lowest BCUT2D eigenvalue weighted by Crippen LogP contribution is -2.04. The van der Waals surface area contributed by atoms with Crippen LogP contribution in [0.3, 0.4) is 0 Å².